The van der Waals surface area contributed by atoms with E-state index in [2.05, 4.69) is 20.6 Å². The summed E-state index contributed by atoms with van der Waals surface area (Å²) in [7, 11) is 0. The summed E-state index contributed by atoms with van der Waals surface area (Å²) in [4.78, 5) is 22.8. The maximum absolute atomic E-state index is 12.7. The molecule has 1 aromatic heterocycles. The largest absolute Gasteiger partial charge is 0.383 e. The van der Waals surface area contributed by atoms with Crippen LogP contribution in [0.25, 0.3) is 0 Å². The van der Waals surface area contributed by atoms with Gasteiger partial charge in [-0.15, -0.1) is 0 Å². The molecule has 0 fully saturated rings. The Kier molecular flexibility index (Phi) is 5.53. The summed E-state index contributed by atoms with van der Waals surface area (Å²) in [6, 6.07) is 15.0. The first-order valence-electron chi connectivity index (χ1n) is 10.2. The van der Waals surface area contributed by atoms with Crippen molar-refractivity contribution in [2.75, 3.05) is 27.8 Å². The highest BCUT2D eigenvalue weighted by Gasteiger charge is 2.26. The number of nitrogens with zero attached hydrogens (tertiary/aromatic N) is 3. The van der Waals surface area contributed by atoms with Gasteiger partial charge >= 0.3 is 6.03 Å². The molecule has 0 radical (unpaired) electrons. The van der Waals surface area contributed by atoms with E-state index in [1.54, 1.807) is 4.90 Å². The lowest BCUT2D eigenvalue weighted by atomic mass is 9.99. The van der Waals surface area contributed by atoms with E-state index in [1.165, 1.54) is 6.33 Å². The number of amides is 2. The Morgan fingerprint density at radius 2 is 1.94 bits per heavy atom. The molecule has 158 valence electrons. The highest BCUT2D eigenvalue weighted by molar-refractivity contribution is 6.16. The predicted octanol–water partition coefficient (Wildman–Crippen LogP) is 3.89. The molecule has 0 aliphatic carbocycles. The van der Waals surface area contributed by atoms with Gasteiger partial charge < -0.3 is 16.4 Å². The molecule has 2 aromatic carbocycles. The van der Waals surface area contributed by atoms with Crippen LogP contribution in [-0.2, 0) is 6.42 Å². The molecule has 2 amide bonds. The third-order valence-electron chi connectivity index (χ3n) is 5.09. The van der Waals surface area contributed by atoms with Crippen molar-refractivity contribution in [3.05, 3.63) is 71.5 Å². The van der Waals surface area contributed by atoms with Crippen molar-refractivity contribution in [2.24, 2.45) is 0 Å². The van der Waals surface area contributed by atoms with Gasteiger partial charge in [-0.3, -0.25) is 10.3 Å². The van der Waals surface area contributed by atoms with Crippen molar-refractivity contribution in [2.45, 2.75) is 26.3 Å². The maximum Gasteiger partial charge on any atom is 0.326 e. The second-order valence-electron chi connectivity index (χ2n) is 7.70. The zero-order valence-electron chi connectivity index (χ0n) is 17.5. The number of fused-ring (bicyclic) bond motifs is 1. The second kappa shape index (κ2) is 8.43. The molecule has 0 atom stereocenters. The number of nitrogen functional groups attached to an aromatic ring is 1. The zero-order chi connectivity index (χ0) is 22.0. The Labute approximate surface area is 181 Å². The van der Waals surface area contributed by atoms with Crippen LogP contribution < -0.4 is 21.3 Å². The SMILES string of the molecule is CC(C)Nc1ncnc(N)c1C(=N)c1ccc2c(c1)CCN2C(=O)Nc1ccccc1. The van der Waals surface area contributed by atoms with Crippen LogP contribution in [0.15, 0.2) is 54.9 Å². The number of para-hydroxylation sites is 1. The fraction of sp³-hybridized carbons (Fsp3) is 0.217. The van der Waals surface area contributed by atoms with Gasteiger partial charge in [0.15, 0.2) is 0 Å². The highest BCUT2D eigenvalue weighted by Crippen LogP contribution is 2.31. The number of aromatic nitrogens is 2. The number of rotatable bonds is 5. The lowest BCUT2D eigenvalue weighted by Crippen LogP contribution is -2.33. The molecule has 4 rings (SSSR count). The smallest absolute Gasteiger partial charge is 0.326 e. The van der Waals surface area contributed by atoms with E-state index in [4.69, 9.17) is 11.1 Å². The quantitative estimate of drug-likeness (QED) is 0.471. The van der Waals surface area contributed by atoms with E-state index in [9.17, 15) is 4.79 Å². The summed E-state index contributed by atoms with van der Waals surface area (Å²) in [6.45, 7) is 4.58. The maximum atomic E-state index is 12.7. The van der Waals surface area contributed by atoms with Crippen LogP contribution in [0, 0.1) is 5.41 Å². The van der Waals surface area contributed by atoms with Gasteiger partial charge in [0, 0.05) is 29.5 Å². The minimum Gasteiger partial charge on any atom is -0.383 e. The second-order valence-corrected chi connectivity index (χ2v) is 7.70. The number of hydrogen-bond donors (Lipinski definition) is 4. The molecule has 5 N–H and O–H groups in total. The summed E-state index contributed by atoms with van der Waals surface area (Å²) in [5, 5.41) is 14.9. The number of carbonyl (C=O) groups excluding carboxylic acids is 1. The van der Waals surface area contributed by atoms with Gasteiger partial charge in [-0.05, 0) is 50.1 Å². The molecule has 0 spiro atoms. The Bertz CT molecular complexity index is 1130. The average Bonchev–Trinajstić information content (AvgIpc) is 3.17. The number of anilines is 4. The third kappa shape index (κ3) is 4.18. The number of carbonyl (C=O) groups is 1. The molecule has 8 nitrogen and oxygen atoms in total. The van der Waals surface area contributed by atoms with Crippen molar-refractivity contribution >= 4 is 34.8 Å². The molecule has 1 aliphatic rings. The van der Waals surface area contributed by atoms with Gasteiger partial charge in [-0.25, -0.2) is 14.8 Å². The first-order valence-corrected chi connectivity index (χ1v) is 10.2. The highest BCUT2D eigenvalue weighted by atomic mass is 16.2. The Morgan fingerprint density at radius 1 is 1.16 bits per heavy atom. The van der Waals surface area contributed by atoms with E-state index in [0.29, 0.717) is 23.5 Å². The Hall–Kier alpha value is -3.94. The molecular weight excluding hydrogens is 390 g/mol. The first kappa shape index (κ1) is 20.3. The molecule has 0 saturated carbocycles. The minimum absolute atomic E-state index is 0.137. The van der Waals surface area contributed by atoms with E-state index in [1.807, 2.05) is 62.4 Å². The van der Waals surface area contributed by atoms with Gasteiger partial charge in [0.05, 0.1) is 11.3 Å². The topological polar surface area (TPSA) is 120 Å². The molecule has 0 unspecified atom stereocenters. The lowest BCUT2D eigenvalue weighted by Gasteiger charge is -2.19. The average molecular weight is 416 g/mol. The molecule has 8 heteroatoms. The first-order chi connectivity index (χ1) is 14.9. The van der Waals surface area contributed by atoms with Gasteiger partial charge in [0.25, 0.3) is 0 Å². The summed E-state index contributed by atoms with van der Waals surface area (Å²) in [5.41, 5.74) is 10.1. The van der Waals surface area contributed by atoms with Gasteiger partial charge in [-0.2, -0.15) is 0 Å². The van der Waals surface area contributed by atoms with Crippen LogP contribution in [0.4, 0.5) is 27.8 Å². The van der Waals surface area contributed by atoms with Crippen molar-refractivity contribution in [1.82, 2.24) is 9.97 Å². The number of hydrogen-bond acceptors (Lipinski definition) is 6. The number of benzene rings is 2. The van der Waals surface area contributed by atoms with Crippen molar-refractivity contribution in [3.8, 4) is 0 Å². The van der Waals surface area contributed by atoms with E-state index in [0.717, 1.165) is 23.4 Å². The van der Waals surface area contributed by atoms with Crippen LogP contribution >= 0.6 is 0 Å². The lowest BCUT2D eigenvalue weighted by molar-refractivity contribution is 0.257. The molecule has 2 heterocycles. The molecule has 0 bridgehead atoms. The van der Waals surface area contributed by atoms with Crippen LogP contribution in [0.5, 0.6) is 0 Å². The van der Waals surface area contributed by atoms with Gasteiger partial charge in [0.2, 0.25) is 0 Å². The predicted molar refractivity (Wildman–Crippen MR) is 124 cm³/mol. The van der Waals surface area contributed by atoms with Crippen molar-refractivity contribution in [3.63, 3.8) is 0 Å². The molecule has 1 aliphatic heterocycles. The van der Waals surface area contributed by atoms with Gasteiger partial charge in [0.1, 0.15) is 18.0 Å². The fourth-order valence-electron chi connectivity index (χ4n) is 3.65. The molecule has 0 saturated heterocycles. The summed E-state index contributed by atoms with van der Waals surface area (Å²) >= 11 is 0. The van der Waals surface area contributed by atoms with Crippen LogP contribution in [-0.4, -0.2) is 34.3 Å². The molecular formula is C23H25N7O. The van der Waals surface area contributed by atoms with E-state index < -0.39 is 0 Å². The summed E-state index contributed by atoms with van der Waals surface area (Å²) in [5.74, 6) is 0.796. The standard InChI is InChI=1S/C23H25N7O/c1-14(2)28-22-19(21(25)26-13-27-22)20(24)16-8-9-18-15(12-16)10-11-30(18)23(31)29-17-6-4-3-5-7-17/h3-9,12-14,24H,10-11H2,1-2H3,(H,29,31)(H3,25,26,27,28). The van der Waals surface area contributed by atoms with E-state index >= 15 is 0 Å². The van der Waals surface area contributed by atoms with Crippen LogP contribution in [0.2, 0.25) is 0 Å². The minimum atomic E-state index is -0.170. The third-order valence-corrected chi connectivity index (χ3v) is 5.09. The van der Waals surface area contributed by atoms with E-state index in [-0.39, 0.29) is 23.6 Å². The summed E-state index contributed by atoms with van der Waals surface area (Å²) in [6.07, 6.45) is 2.11. The zero-order valence-corrected chi connectivity index (χ0v) is 17.5. The summed E-state index contributed by atoms with van der Waals surface area (Å²) < 4.78 is 0. The van der Waals surface area contributed by atoms with Gasteiger partial charge in [-0.1, -0.05) is 24.3 Å². The monoisotopic (exact) mass is 415 g/mol. The Morgan fingerprint density at radius 3 is 2.68 bits per heavy atom. The van der Waals surface area contributed by atoms with Crippen LogP contribution in [0.3, 0.4) is 0 Å². The number of nitrogens with one attached hydrogen (secondary N) is 3. The van der Waals surface area contributed by atoms with Crippen molar-refractivity contribution in [1.29, 1.82) is 5.41 Å². The molecule has 31 heavy (non-hydrogen) atoms. The van der Waals surface area contributed by atoms with Crippen molar-refractivity contribution < 1.29 is 4.79 Å². The fourth-order valence-corrected chi connectivity index (χ4v) is 3.65. The van der Waals surface area contributed by atoms with Crippen LogP contribution in [0.1, 0.15) is 30.5 Å². The molecule has 3 aromatic rings. The Balaban J connectivity index is 1.59. The number of urea groups is 1. The normalized spacial score (nSPS) is 12.5. The number of nitrogens with two attached hydrogens (primary N) is 1.